The summed E-state index contributed by atoms with van der Waals surface area (Å²) in [5, 5.41) is 9.08. The molecule has 0 saturated heterocycles. The van der Waals surface area contributed by atoms with Gasteiger partial charge in [0.1, 0.15) is 4.90 Å². The molecule has 0 amide bonds. The highest BCUT2D eigenvalue weighted by molar-refractivity contribution is 7.87. The SMILES string of the molecule is CCCCOc1cc(C=C(OC)C(=O)O)ccc1OS(=O)(=O)c1ccccc1. The molecule has 0 unspecified atom stereocenters. The molecular formula is C20H22O7S. The van der Waals surface area contributed by atoms with Gasteiger partial charge in [-0.2, -0.15) is 8.42 Å². The molecule has 0 saturated carbocycles. The average molecular weight is 406 g/mol. The molecule has 7 nitrogen and oxygen atoms in total. The van der Waals surface area contributed by atoms with Gasteiger partial charge in [-0.25, -0.2) is 4.79 Å². The van der Waals surface area contributed by atoms with Gasteiger partial charge in [0.2, 0.25) is 5.76 Å². The van der Waals surface area contributed by atoms with Crippen molar-refractivity contribution < 1.29 is 32.0 Å². The number of carboxylic acids is 1. The van der Waals surface area contributed by atoms with Crippen LogP contribution in [0.3, 0.4) is 0 Å². The van der Waals surface area contributed by atoms with Crippen LogP contribution in [0.15, 0.2) is 59.2 Å². The largest absolute Gasteiger partial charge is 0.490 e. The Morgan fingerprint density at radius 1 is 1.11 bits per heavy atom. The first kappa shape index (κ1) is 21.3. The van der Waals surface area contributed by atoms with Gasteiger partial charge in [0.15, 0.2) is 11.5 Å². The standard InChI is InChI=1S/C20H22O7S/c1-3-4-12-26-18-13-15(14-19(25-2)20(21)22)10-11-17(18)27-28(23,24)16-8-6-5-7-9-16/h5-11,13-14H,3-4,12H2,1-2H3,(H,21,22). The number of carboxylic acid groups (broad SMARTS) is 1. The molecule has 2 rings (SSSR count). The van der Waals surface area contributed by atoms with Crippen LogP contribution in [0.4, 0.5) is 0 Å². The summed E-state index contributed by atoms with van der Waals surface area (Å²) in [5.74, 6) is -1.26. The molecule has 2 aromatic carbocycles. The van der Waals surface area contributed by atoms with E-state index in [4.69, 9.17) is 18.8 Å². The minimum Gasteiger partial charge on any atom is -0.490 e. The lowest BCUT2D eigenvalue weighted by Gasteiger charge is -2.13. The Labute approximate surface area is 164 Å². The van der Waals surface area contributed by atoms with Crippen molar-refractivity contribution in [3.8, 4) is 11.5 Å². The first-order valence-electron chi connectivity index (χ1n) is 8.62. The third-order valence-electron chi connectivity index (χ3n) is 3.68. The minimum absolute atomic E-state index is 0.0195. The normalized spacial score (nSPS) is 11.7. The van der Waals surface area contributed by atoms with Gasteiger partial charge in [-0.3, -0.25) is 0 Å². The molecule has 0 radical (unpaired) electrons. The number of hydrogen-bond acceptors (Lipinski definition) is 6. The highest BCUT2D eigenvalue weighted by Gasteiger charge is 2.19. The molecule has 0 aliphatic rings. The highest BCUT2D eigenvalue weighted by Crippen LogP contribution is 2.32. The van der Waals surface area contributed by atoms with Crippen LogP contribution in [-0.2, 0) is 19.6 Å². The van der Waals surface area contributed by atoms with Crippen molar-refractivity contribution in [2.45, 2.75) is 24.7 Å². The van der Waals surface area contributed by atoms with Gasteiger partial charge in [0.25, 0.3) is 0 Å². The van der Waals surface area contributed by atoms with Crippen molar-refractivity contribution in [3.63, 3.8) is 0 Å². The third-order valence-corrected chi connectivity index (χ3v) is 4.93. The number of aliphatic carboxylic acids is 1. The summed E-state index contributed by atoms with van der Waals surface area (Å²) in [5.41, 5.74) is 0.468. The number of ether oxygens (including phenoxy) is 2. The van der Waals surface area contributed by atoms with Crippen molar-refractivity contribution in [1.82, 2.24) is 0 Å². The maximum Gasteiger partial charge on any atom is 0.371 e. The topological polar surface area (TPSA) is 99.1 Å². The van der Waals surface area contributed by atoms with Gasteiger partial charge >= 0.3 is 16.1 Å². The van der Waals surface area contributed by atoms with Gasteiger partial charge in [-0.15, -0.1) is 0 Å². The quantitative estimate of drug-likeness (QED) is 0.278. The first-order chi connectivity index (χ1) is 13.4. The predicted molar refractivity (Wildman–Crippen MR) is 104 cm³/mol. The van der Waals surface area contributed by atoms with Crippen LogP contribution in [0.2, 0.25) is 0 Å². The van der Waals surface area contributed by atoms with Gasteiger partial charge in [-0.1, -0.05) is 37.6 Å². The first-order valence-corrected chi connectivity index (χ1v) is 10.0. The zero-order valence-electron chi connectivity index (χ0n) is 15.6. The molecule has 0 aromatic heterocycles. The molecule has 28 heavy (non-hydrogen) atoms. The molecule has 2 aromatic rings. The molecule has 0 heterocycles. The zero-order valence-corrected chi connectivity index (χ0v) is 16.4. The fourth-order valence-corrected chi connectivity index (χ4v) is 3.20. The fraction of sp³-hybridized carbons (Fsp3) is 0.250. The van der Waals surface area contributed by atoms with E-state index in [1.807, 2.05) is 6.92 Å². The van der Waals surface area contributed by atoms with Gasteiger partial charge in [-0.05, 0) is 42.3 Å². The van der Waals surface area contributed by atoms with E-state index in [9.17, 15) is 13.2 Å². The zero-order chi connectivity index (χ0) is 20.6. The smallest absolute Gasteiger partial charge is 0.371 e. The number of carbonyl (C=O) groups is 1. The Kier molecular flexibility index (Phi) is 7.45. The van der Waals surface area contributed by atoms with E-state index in [1.165, 1.54) is 43.5 Å². The van der Waals surface area contributed by atoms with Crippen molar-refractivity contribution in [1.29, 1.82) is 0 Å². The van der Waals surface area contributed by atoms with E-state index in [1.54, 1.807) is 18.2 Å². The van der Waals surface area contributed by atoms with Gasteiger partial charge in [0.05, 0.1) is 13.7 Å². The molecule has 0 spiro atoms. The van der Waals surface area contributed by atoms with E-state index in [-0.39, 0.29) is 22.2 Å². The van der Waals surface area contributed by atoms with E-state index in [2.05, 4.69) is 0 Å². The van der Waals surface area contributed by atoms with Crippen molar-refractivity contribution in [2.75, 3.05) is 13.7 Å². The Morgan fingerprint density at radius 3 is 2.43 bits per heavy atom. The number of rotatable bonds is 10. The van der Waals surface area contributed by atoms with Crippen molar-refractivity contribution >= 4 is 22.2 Å². The number of benzene rings is 2. The third kappa shape index (κ3) is 5.75. The molecule has 0 aliphatic carbocycles. The molecule has 8 heteroatoms. The summed E-state index contributed by atoms with van der Waals surface area (Å²) >= 11 is 0. The number of hydrogen-bond donors (Lipinski definition) is 1. The van der Waals surface area contributed by atoms with Crippen LogP contribution >= 0.6 is 0 Å². The Hall–Kier alpha value is -3.00. The summed E-state index contributed by atoms with van der Waals surface area (Å²) < 4.78 is 40.7. The summed E-state index contributed by atoms with van der Waals surface area (Å²) in [6, 6.07) is 12.2. The fourth-order valence-electron chi connectivity index (χ4n) is 2.24. The molecule has 0 aliphatic heterocycles. The van der Waals surface area contributed by atoms with E-state index in [0.717, 1.165) is 12.8 Å². The Morgan fingerprint density at radius 2 is 1.82 bits per heavy atom. The highest BCUT2D eigenvalue weighted by atomic mass is 32.2. The summed E-state index contributed by atoms with van der Waals surface area (Å²) in [4.78, 5) is 11.1. The van der Waals surface area contributed by atoms with E-state index < -0.39 is 16.1 Å². The predicted octanol–water partition coefficient (Wildman–Crippen LogP) is 3.71. The molecular weight excluding hydrogens is 384 g/mol. The lowest BCUT2D eigenvalue weighted by atomic mass is 10.2. The second-order valence-electron chi connectivity index (χ2n) is 5.78. The van der Waals surface area contributed by atoms with Crippen LogP contribution in [0.5, 0.6) is 11.5 Å². The lowest BCUT2D eigenvalue weighted by Crippen LogP contribution is -2.11. The van der Waals surface area contributed by atoms with Crippen LogP contribution in [0.25, 0.3) is 6.08 Å². The second-order valence-corrected chi connectivity index (χ2v) is 7.32. The van der Waals surface area contributed by atoms with Crippen LogP contribution in [-0.4, -0.2) is 33.2 Å². The number of methoxy groups -OCH3 is 1. The summed E-state index contributed by atoms with van der Waals surface area (Å²) in [7, 11) is -2.78. The van der Waals surface area contributed by atoms with Crippen LogP contribution < -0.4 is 8.92 Å². The summed E-state index contributed by atoms with van der Waals surface area (Å²) in [6.45, 7) is 2.36. The van der Waals surface area contributed by atoms with Crippen molar-refractivity contribution in [3.05, 3.63) is 59.9 Å². The molecule has 0 atom stereocenters. The Bertz CT molecular complexity index is 934. The summed E-state index contributed by atoms with van der Waals surface area (Å²) in [6.07, 6.45) is 2.97. The minimum atomic E-state index is -4.03. The number of unbranched alkanes of at least 4 members (excludes halogenated alkanes) is 1. The van der Waals surface area contributed by atoms with Crippen LogP contribution in [0, 0.1) is 0 Å². The van der Waals surface area contributed by atoms with E-state index in [0.29, 0.717) is 12.2 Å². The molecule has 0 fully saturated rings. The maximum atomic E-state index is 12.5. The van der Waals surface area contributed by atoms with E-state index >= 15 is 0 Å². The molecule has 1 N–H and O–H groups in total. The van der Waals surface area contributed by atoms with Crippen molar-refractivity contribution in [2.24, 2.45) is 0 Å². The monoisotopic (exact) mass is 406 g/mol. The second kappa shape index (κ2) is 9.80. The lowest BCUT2D eigenvalue weighted by molar-refractivity contribution is -0.135. The molecule has 150 valence electrons. The average Bonchev–Trinajstić information content (AvgIpc) is 2.68. The van der Waals surface area contributed by atoms with Gasteiger partial charge in [0, 0.05) is 0 Å². The Balaban J connectivity index is 2.38. The van der Waals surface area contributed by atoms with Gasteiger partial charge < -0.3 is 18.8 Å². The molecule has 0 bridgehead atoms. The maximum absolute atomic E-state index is 12.5. The van der Waals surface area contributed by atoms with Crippen LogP contribution in [0.1, 0.15) is 25.3 Å².